The minimum Gasteiger partial charge on any atom is -0.365 e. The molecule has 24 heavy (non-hydrogen) atoms. The maximum absolute atomic E-state index is 12.1. The fraction of sp³-hybridized carbons (Fsp3) is 0.312. The van der Waals surface area contributed by atoms with Gasteiger partial charge in [0.2, 0.25) is 0 Å². The number of amides is 1. The Morgan fingerprint density at radius 2 is 1.88 bits per heavy atom. The van der Waals surface area contributed by atoms with E-state index in [0.717, 1.165) is 5.56 Å². The lowest BCUT2D eigenvalue weighted by Gasteiger charge is -2.11. The molecule has 1 saturated heterocycles. The zero-order valence-electron chi connectivity index (χ0n) is 13.2. The van der Waals surface area contributed by atoms with E-state index in [-0.39, 0.29) is 29.1 Å². The van der Waals surface area contributed by atoms with Crippen LogP contribution in [0.5, 0.6) is 0 Å². The van der Waals surface area contributed by atoms with Gasteiger partial charge in [-0.2, -0.15) is 0 Å². The van der Waals surface area contributed by atoms with Crippen molar-refractivity contribution in [3.63, 3.8) is 0 Å². The van der Waals surface area contributed by atoms with Crippen LogP contribution < -0.4 is 10.6 Å². The van der Waals surface area contributed by atoms with Crippen LogP contribution in [0.4, 0.5) is 11.5 Å². The molecule has 1 amide bonds. The Kier molecular flexibility index (Phi) is 4.48. The van der Waals surface area contributed by atoms with E-state index in [1.54, 1.807) is 12.1 Å². The van der Waals surface area contributed by atoms with E-state index in [1.165, 1.54) is 0 Å². The Hall–Kier alpha value is -2.48. The molecule has 8 heteroatoms. The Bertz CT molecular complexity index is 833. The Labute approximate surface area is 140 Å². The smallest absolute Gasteiger partial charge is 0.276 e. The van der Waals surface area contributed by atoms with Crippen molar-refractivity contribution in [1.29, 1.82) is 0 Å². The summed E-state index contributed by atoms with van der Waals surface area (Å²) >= 11 is 0. The molecule has 1 unspecified atom stereocenters. The van der Waals surface area contributed by atoms with Crippen molar-refractivity contribution in [2.75, 3.05) is 22.1 Å². The largest absolute Gasteiger partial charge is 0.365 e. The predicted molar refractivity (Wildman–Crippen MR) is 91.8 cm³/mol. The first-order valence-corrected chi connectivity index (χ1v) is 9.42. The van der Waals surface area contributed by atoms with Crippen LogP contribution in [0.3, 0.4) is 0 Å². The van der Waals surface area contributed by atoms with E-state index in [4.69, 9.17) is 0 Å². The number of rotatable bonds is 4. The highest BCUT2D eigenvalue weighted by Gasteiger charge is 2.28. The number of nitrogens with one attached hydrogen (secondary N) is 2. The van der Waals surface area contributed by atoms with Crippen molar-refractivity contribution in [2.24, 2.45) is 0 Å². The maximum Gasteiger partial charge on any atom is 0.276 e. The molecule has 1 aliphatic rings. The lowest BCUT2D eigenvalue weighted by atomic mass is 10.2. The molecule has 1 aromatic heterocycles. The highest BCUT2D eigenvalue weighted by molar-refractivity contribution is 7.91. The van der Waals surface area contributed by atoms with Crippen LogP contribution in [-0.4, -0.2) is 42.1 Å². The fourth-order valence-corrected chi connectivity index (χ4v) is 4.15. The van der Waals surface area contributed by atoms with Gasteiger partial charge >= 0.3 is 0 Å². The number of hydrogen-bond acceptors (Lipinski definition) is 6. The Balaban J connectivity index is 1.61. The second kappa shape index (κ2) is 6.56. The summed E-state index contributed by atoms with van der Waals surface area (Å²) in [6.45, 7) is 1.97. The Morgan fingerprint density at radius 3 is 2.46 bits per heavy atom. The summed E-state index contributed by atoms with van der Waals surface area (Å²) in [6.07, 6.45) is 0.555. The highest BCUT2D eigenvalue weighted by Crippen LogP contribution is 2.16. The van der Waals surface area contributed by atoms with Gasteiger partial charge < -0.3 is 10.6 Å². The van der Waals surface area contributed by atoms with E-state index in [1.807, 2.05) is 31.2 Å². The second-order valence-electron chi connectivity index (χ2n) is 5.87. The number of carbonyl (C=O) groups excluding carboxylic acids is 1. The third-order valence-electron chi connectivity index (χ3n) is 3.79. The molecule has 2 N–H and O–H groups in total. The lowest BCUT2D eigenvalue weighted by Crippen LogP contribution is -2.22. The maximum atomic E-state index is 12.1. The zero-order valence-corrected chi connectivity index (χ0v) is 14.0. The average Bonchev–Trinajstić information content (AvgIpc) is 2.89. The summed E-state index contributed by atoms with van der Waals surface area (Å²) in [6, 6.07) is 10.5. The van der Waals surface area contributed by atoms with Gasteiger partial charge in [-0.05, 0) is 37.6 Å². The third-order valence-corrected chi connectivity index (χ3v) is 5.56. The van der Waals surface area contributed by atoms with Crippen LogP contribution in [-0.2, 0) is 9.84 Å². The van der Waals surface area contributed by atoms with Gasteiger partial charge in [0.05, 0.1) is 11.5 Å². The standard InChI is InChI=1S/C16H18N4O3S/c1-11-2-4-12(5-3-11)18-16(21)14-6-7-15(20-19-14)17-13-8-9-24(22,23)10-13/h2-7,13H,8-10H2,1H3,(H,17,20)(H,18,21). The van der Waals surface area contributed by atoms with Gasteiger partial charge in [-0.1, -0.05) is 17.7 Å². The highest BCUT2D eigenvalue weighted by atomic mass is 32.2. The SMILES string of the molecule is Cc1ccc(NC(=O)c2ccc(NC3CCS(=O)(=O)C3)nn2)cc1. The van der Waals surface area contributed by atoms with Gasteiger partial charge in [-0.25, -0.2) is 8.42 Å². The quantitative estimate of drug-likeness (QED) is 0.873. The topological polar surface area (TPSA) is 101 Å². The van der Waals surface area contributed by atoms with Crippen molar-refractivity contribution in [1.82, 2.24) is 10.2 Å². The molecule has 0 spiro atoms. The molecule has 0 bridgehead atoms. The third kappa shape index (κ3) is 4.08. The lowest BCUT2D eigenvalue weighted by molar-refractivity contribution is 0.102. The number of benzene rings is 1. The van der Waals surface area contributed by atoms with Crippen LogP contribution in [0.1, 0.15) is 22.5 Å². The van der Waals surface area contributed by atoms with Gasteiger partial charge in [0.15, 0.2) is 15.5 Å². The van der Waals surface area contributed by atoms with E-state index >= 15 is 0 Å². The first-order chi connectivity index (χ1) is 11.4. The number of carbonyl (C=O) groups is 1. The van der Waals surface area contributed by atoms with Crippen molar-refractivity contribution < 1.29 is 13.2 Å². The minimum atomic E-state index is -2.95. The number of aryl methyl sites for hydroxylation is 1. The second-order valence-corrected chi connectivity index (χ2v) is 8.10. The number of aromatic nitrogens is 2. The van der Waals surface area contributed by atoms with E-state index in [2.05, 4.69) is 20.8 Å². The molecule has 126 valence electrons. The summed E-state index contributed by atoms with van der Waals surface area (Å²) in [5.41, 5.74) is 1.99. The summed E-state index contributed by atoms with van der Waals surface area (Å²) in [5, 5.41) is 13.6. The number of anilines is 2. The van der Waals surface area contributed by atoms with Gasteiger partial charge in [0.1, 0.15) is 5.82 Å². The average molecular weight is 346 g/mol. The molecule has 2 heterocycles. The van der Waals surface area contributed by atoms with Crippen molar-refractivity contribution in [3.8, 4) is 0 Å². The molecule has 1 atom stereocenters. The molecule has 1 aromatic carbocycles. The van der Waals surface area contributed by atoms with Crippen LogP contribution in [0.15, 0.2) is 36.4 Å². The van der Waals surface area contributed by atoms with Gasteiger partial charge in [0, 0.05) is 11.7 Å². The molecular formula is C16H18N4O3S. The molecule has 3 rings (SSSR count). The van der Waals surface area contributed by atoms with Gasteiger partial charge in [-0.3, -0.25) is 4.79 Å². The molecule has 0 saturated carbocycles. The predicted octanol–water partition coefficient (Wildman–Crippen LogP) is 1.64. The molecule has 1 fully saturated rings. The zero-order chi connectivity index (χ0) is 17.2. The van der Waals surface area contributed by atoms with Gasteiger partial charge in [-0.15, -0.1) is 10.2 Å². The van der Waals surface area contributed by atoms with Crippen molar-refractivity contribution in [3.05, 3.63) is 47.7 Å². The summed E-state index contributed by atoms with van der Waals surface area (Å²) < 4.78 is 22.9. The van der Waals surface area contributed by atoms with Crippen molar-refractivity contribution in [2.45, 2.75) is 19.4 Å². The number of sulfone groups is 1. The molecule has 2 aromatic rings. The van der Waals surface area contributed by atoms with E-state index < -0.39 is 9.84 Å². The van der Waals surface area contributed by atoms with Crippen LogP contribution >= 0.6 is 0 Å². The van der Waals surface area contributed by atoms with E-state index in [9.17, 15) is 13.2 Å². The summed E-state index contributed by atoms with van der Waals surface area (Å²) in [4.78, 5) is 12.1. The first kappa shape index (κ1) is 16.4. The van der Waals surface area contributed by atoms with Crippen molar-refractivity contribution >= 4 is 27.2 Å². The first-order valence-electron chi connectivity index (χ1n) is 7.60. The number of hydrogen-bond donors (Lipinski definition) is 2. The monoisotopic (exact) mass is 346 g/mol. The molecule has 0 aliphatic carbocycles. The summed E-state index contributed by atoms with van der Waals surface area (Å²) in [5.74, 6) is 0.407. The fourth-order valence-electron chi connectivity index (χ4n) is 2.48. The molecule has 1 aliphatic heterocycles. The van der Waals surface area contributed by atoms with Crippen LogP contribution in [0.25, 0.3) is 0 Å². The minimum absolute atomic E-state index is 0.102. The molecule has 7 nitrogen and oxygen atoms in total. The number of nitrogens with zero attached hydrogens (tertiary/aromatic N) is 2. The van der Waals surface area contributed by atoms with Crippen LogP contribution in [0, 0.1) is 6.92 Å². The van der Waals surface area contributed by atoms with Gasteiger partial charge in [0.25, 0.3) is 5.91 Å². The Morgan fingerprint density at radius 1 is 1.12 bits per heavy atom. The summed E-state index contributed by atoms with van der Waals surface area (Å²) in [7, 11) is -2.95. The van der Waals surface area contributed by atoms with E-state index in [0.29, 0.717) is 17.9 Å². The normalized spacial score (nSPS) is 19.0. The molecular weight excluding hydrogens is 328 g/mol. The van der Waals surface area contributed by atoms with Crippen LogP contribution in [0.2, 0.25) is 0 Å². The molecule has 0 radical (unpaired) electrons.